The molecule has 0 aliphatic heterocycles. The topological polar surface area (TPSA) is 63.6 Å². The highest BCUT2D eigenvalue weighted by Gasteiger charge is 2.04. The lowest BCUT2D eigenvalue weighted by Crippen LogP contribution is -2.10. The average Bonchev–Trinajstić information content (AvgIpc) is 2.02. The van der Waals surface area contributed by atoms with Crippen molar-refractivity contribution in [3.8, 4) is 5.75 Å². The van der Waals surface area contributed by atoms with Crippen LogP contribution in [0.3, 0.4) is 0 Å². The van der Waals surface area contributed by atoms with Gasteiger partial charge in [-0.1, -0.05) is 18.2 Å². The molecular formula is C7H7O4S. The Kier molecular flexibility index (Phi) is 2.67. The second kappa shape index (κ2) is 3.55. The van der Waals surface area contributed by atoms with Crippen LogP contribution in [-0.4, -0.2) is 18.9 Å². The third-order valence-corrected chi connectivity index (χ3v) is 1.46. The zero-order valence-electron chi connectivity index (χ0n) is 6.10. The maximum Gasteiger partial charge on any atom is 0.300 e. The van der Waals surface area contributed by atoms with Crippen LogP contribution in [0.15, 0.2) is 24.3 Å². The molecule has 0 saturated heterocycles. The van der Waals surface area contributed by atoms with E-state index in [9.17, 15) is 8.42 Å². The normalized spacial score (nSPS) is 11.1. The fraction of sp³-hybridized carbons (Fsp3) is 0.143. The Balaban J connectivity index is 2.56. The molecular weight excluding hydrogens is 180 g/mol. The minimum Gasteiger partial charge on any atom is -0.475 e. The van der Waals surface area contributed by atoms with Gasteiger partial charge in [-0.15, -0.1) is 0 Å². The molecule has 1 rings (SSSR count). The molecule has 0 unspecified atom stereocenters. The molecule has 1 aromatic rings. The minimum atomic E-state index is -4.06. The Morgan fingerprint density at radius 2 is 2.25 bits per heavy atom. The first kappa shape index (κ1) is 9.02. The summed E-state index contributed by atoms with van der Waals surface area (Å²) >= 11 is 0. The highest BCUT2D eigenvalue weighted by molar-refractivity contribution is 7.85. The Hall–Kier alpha value is -1.07. The molecule has 0 bridgehead atoms. The molecule has 65 valence electrons. The largest absolute Gasteiger partial charge is 0.475 e. The van der Waals surface area contributed by atoms with Gasteiger partial charge in [-0.05, 0) is 6.07 Å². The van der Waals surface area contributed by atoms with E-state index in [1.807, 2.05) is 0 Å². The standard InChI is InChI=1S/C7H7O4S/c8-12(9,10)6-11-7-4-2-1-3-5-7/h1-4H,6H2,(H,8,9,10). The average molecular weight is 187 g/mol. The number of hydrogen-bond donors (Lipinski definition) is 1. The summed E-state index contributed by atoms with van der Waals surface area (Å²) in [5.74, 6) is -0.455. The molecule has 0 atom stereocenters. The van der Waals surface area contributed by atoms with Crippen molar-refractivity contribution >= 4 is 10.1 Å². The minimum absolute atomic E-state index is 0.287. The molecule has 0 spiro atoms. The molecule has 0 saturated carbocycles. The van der Waals surface area contributed by atoms with Crippen LogP contribution >= 0.6 is 0 Å². The first-order valence-electron chi connectivity index (χ1n) is 3.12. The number of ether oxygens (including phenoxy) is 1. The predicted molar refractivity (Wildman–Crippen MR) is 42.3 cm³/mol. The monoisotopic (exact) mass is 187 g/mol. The Bertz CT molecular complexity index is 330. The van der Waals surface area contributed by atoms with Crippen LogP contribution in [0.5, 0.6) is 5.75 Å². The molecule has 0 fully saturated rings. The molecule has 0 aliphatic rings. The summed E-state index contributed by atoms with van der Waals surface area (Å²) in [5.41, 5.74) is 0. The summed E-state index contributed by atoms with van der Waals surface area (Å²) in [6.45, 7) is 0. The first-order chi connectivity index (χ1) is 5.58. The lowest BCUT2D eigenvalue weighted by atomic mass is 10.3. The number of benzene rings is 1. The van der Waals surface area contributed by atoms with Crippen molar-refractivity contribution in [2.45, 2.75) is 0 Å². The van der Waals surface area contributed by atoms with Crippen molar-refractivity contribution in [1.82, 2.24) is 0 Å². The van der Waals surface area contributed by atoms with Gasteiger partial charge >= 0.3 is 10.1 Å². The molecule has 5 heteroatoms. The predicted octanol–water partition coefficient (Wildman–Crippen LogP) is 0.711. The van der Waals surface area contributed by atoms with Crippen molar-refractivity contribution in [2.75, 3.05) is 5.94 Å². The molecule has 0 amide bonds. The summed E-state index contributed by atoms with van der Waals surface area (Å²) in [4.78, 5) is 0. The van der Waals surface area contributed by atoms with Gasteiger partial charge in [-0.3, -0.25) is 4.55 Å². The van der Waals surface area contributed by atoms with E-state index < -0.39 is 16.1 Å². The number of rotatable bonds is 3. The SMILES string of the molecule is O=S(=O)(O)COc1[c]cccc1. The van der Waals surface area contributed by atoms with Gasteiger partial charge < -0.3 is 4.74 Å². The molecule has 12 heavy (non-hydrogen) atoms. The molecule has 0 aromatic heterocycles. The van der Waals surface area contributed by atoms with Crippen LogP contribution in [0.2, 0.25) is 0 Å². The lowest BCUT2D eigenvalue weighted by molar-refractivity contribution is 0.352. The summed E-state index contributed by atoms with van der Waals surface area (Å²) < 4.78 is 33.4. The maximum absolute atomic E-state index is 10.2. The zero-order chi connectivity index (χ0) is 9.03. The third-order valence-electron chi connectivity index (χ3n) is 1.04. The number of hydrogen-bond acceptors (Lipinski definition) is 3. The lowest BCUT2D eigenvalue weighted by Gasteiger charge is -2.01. The maximum atomic E-state index is 10.2. The summed E-state index contributed by atoms with van der Waals surface area (Å²) in [5, 5.41) is 0. The second-order valence-corrected chi connectivity index (χ2v) is 3.47. The Morgan fingerprint density at radius 3 is 2.75 bits per heavy atom. The molecule has 0 aliphatic carbocycles. The van der Waals surface area contributed by atoms with E-state index >= 15 is 0 Å². The van der Waals surface area contributed by atoms with Crippen LogP contribution in [0.1, 0.15) is 0 Å². The highest BCUT2D eigenvalue weighted by Crippen LogP contribution is 2.07. The zero-order valence-corrected chi connectivity index (χ0v) is 6.91. The smallest absolute Gasteiger partial charge is 0.300 e. The molecule has 1 aromatic carbocycles. The van der Waals surface area contributed by atoms with Crippen molar-refractivity contribution in [3.63, 3.8) is 0 Å². The van der Waals surface area contributed by atoms with Crippen LogP contribution in [-0.2, 0) is 10.1 Å². The van der Waals surface area contributed by atoms with E-state index in [1.165, 1.54) is 0 Å². The van der Waals surface area contributed by atoms with Gasteiger partial charge in [0, 0.05) is 6.07 Å². The molecule has 1 radical (unpaired) electrons. The van der Waals surface area contributed by atoms with Gasteiger partial charge in [-0.2, -0.15) is 8.42 Å². The summed E-state index contributed by atoms with van der Waals surface area (Å²) in [6, 6.07) is 9.17. The van der Waals surface area contributed by atoms with Gasteiger partial charge in [0.05, 0.1) is 0 Å². The number of para-hydroxylation sites is 1. The molecule has 4 nitrogen and oxygen atoms in total. The summed E-state index contributed by atoms with van der Waals surface area (Å²) in [7, 11) is -4.06. The van der Waals surface area contributed by atoms with E-state index in [0.29, 0.717) is 0 Å². The van der Waals surface area contributed by atoms with Crippen LogP contribution < -0.4 is 4.74 Å². The third kappa shape index (κ3) is 3.36. The van der Waals surface area contributed by atoms with Crippen molar-refractivity contribution in [2.24, 2.45) is 0 Å². The molecule has 0 heterocycles. The van der Waals surface area contributed by atoms with Crippen molar-refractivity contribution in [3.05, 3.63) is 30.3 Å². The summed E-state index contributed by atoms with van der Waals surface area (Å²) in [6.07, 6.45) is 0. The fourth-order valence-electron chi connectivity index (χ4n) is 0.605. The second-order valence-electron chi connectivity index (χ2n) is 2.07. The Labute approximate surface area is 70.5 Å². The van der Waals surface area contributed by atoms with Crippen molar-refractivity contribution < 1.29 is 17.7 Å². The molecule has 1 N–H and O–H groups in total. The fourth-order valence-corrected chi connectivity index (χ4v) is 0.880. The van der Waals surface area contributed by atoms with Gasteiger partial charge in [-0.25, -0.2) is 0 Å². The highest BCUT2D eigenvalue weighted by atomic mass is 32.2. The van der Waals surface area contributed by atoms with Gasteiger partial charge in [0.1, 0.15) is 5.75 Å². The van der Waals surface area contributed by atoms with Crippen LogP contribution in [0.4, 0.5) is 0 Å². The van der Waals surface area contributed by atoms with Crippen LogP contribution in [0, 0.1) is 6.07 Å². The van der Waals surface area contributed by atoms with E-state index in [0.717, 1.165) is 0 Å². The van der Waals surface area contributed by atoms with E-state index in [1.54, 1.807) is 24.3 Å². The van der Waals surface area contributed by atoms with E-state index in [2.05, 4.69) is 10.8 Å². The first-order valence-corrected chi connectivity index (χ1v) is 4.73. The van der Waals surface area contributed by atoms with Crippen molar-refractivity contribution in [1.29, 1.82) is 0 Å². The van der Waals surface area contributed by atoms with Gasteiger partial charge in [0.15, 0.2) is 0 Å². The van der Waals surface area contributed by atoms with Gasteiger partial charge in [0.2, 0.25) is 5.94 Å². The quantitative estimate of drug-likeness (QED) is 0.708. The Morgan fingerprint density at radius 1 is 1.50 bits per heavy atom. The van der Waals surface area contributed by atoms with Gasteiger partial charge in [0.25, 0.3) is 0 Å². The van der Waals surface area contributed by atoms with E-state index in [-0.39, 0.29) is 5.75 Å². The van der Waals surface area contributed by atoms with Crippen LogP contribution in [0.25, 0.3) is 0 Å². The van der Waals surface area contributed by atoms with E-state index in [4.69, 9.17) is 4.55 Å².